The Hall–Kier alpha value is -0.980. The second-order valence-electron chi connectivity index (χ2n) is 3.85. The van der Waals surface area contributed by atoms with Crippen LogP contribution in [0.25, 0.3) is 9.88 Å². The normalized spacial score (nSPS) is 10.8. The highest BCUT2D eigenvalue weighted by molar-refractivity contribution is 7.20. The minimum absolute atomic E-state index is 0.886. The minimum atomic E-state index is 0.886. The molecule has 4 nitrogen and oxygen atoms in total. The van der Waals surface area contributed by atoms with E-state index in [0.717, 1.165) is 46.6 Å². The third-order valence-electron chi connectivity index (χ3n) is 2.43. The number of hydrogen-bond donors (Lipinski definition) is 1. The molecule has 1 N–H and O–H groups in total. The molecule has 2 aromatic heterocycles. The molecule has 6 heteroatoms. The molecule has 0 spiro atoms. The monoisotopic (exact) mass is 283 g/mol. The summed E-state index contributed by atoms with van der Waals surface area (Å²) >= 11 is 3.30. The van der Waals surface area contributed by atoms with Crippen molar-refractivity contribution < 1.29 is 4.74 Å². The third-order valence-corrected chi connectivity index (χ3v) is 4.49. The Morgan fingerprint density at radius 3 is 2.94 bits per heavy atom. The maximum absolute atomic E-state index is 5.17. The zero-order chi connectivity index (χ0) is 12.8. The molecule has 2 heterocycles. The maximum atomic E-state index is 5.17. The molecule has 0 aliphatic carbocycles. The molecule has 18 heavy (non-hydrogen) atoms. The van der Waals surface area contributed by atoms with E-state index in [1.807, 2.05) is 11.4 Å². The number of methoxy groups -OCH3 is 1. The molecule has 0 amide bonds. The number of nitrogens with one attached hydrogen (secondary N) is 1. The maximum Gasteiger partial charge on any atom is 0.157 e. The molecule has 0 saturated carbocycles. The number of thiophene rings is 1. The van der Waals surface area contributed by atoms with Gasteiger partial charge in [-0.3, -0.25) is 0 Å². The summed E-state index contributed by atoms with van der Waals surface area (Å²) in [6, 6.07) is 2.00. The second kappa shape index (κ2) is 6.82. The fourth-order valence-corrected chi connectivity index (χ4v) is 3.24. The molecule has 0 saturated heterocycles. The van der Waals surface area contributed by atoms with Gasteiger partial charge in [-0.15, -0.1) is 21.5 Å². The molecule has 0 unspecified atom stereocenters. The lowest BCUT2D eigenvalue weighted by atomic mass is 10.4. The molecule has 0 radical (unpaired) electrons. The fourth-order valence-electron chi connectivity index (χ4n) is 1.49. The van der Waals surface area contributed by atoms with Gasteiger partial charge in [-0.05, 0) is 13.0 Å². The first kappa shape index (κ1) is 13.5. The summed E-state index contributed by atoms with van der Waals surface area (Å²) in [6.45, 7) is 4.20. The Kier molecular flexibility index (Phi) is 5.10. The summed E-state index contributed by atoms with van der Waals surface area (Å²) in [4.78, 5) is 1.12. The van der Waals surface area contributed by atoms with E-state index in [9.17, 15) is 0 Å². The number of nitrogens with zero attached hydrogens (tertiary/aromatic N) is 2. The summed E-state index contributed by atoms with van der Waals surface area (Å²) in [5.74, 6) is 0.886. The topological polar surface area (TPSA) is 47.0 Å². The Balaban J connectivity index is 1.93. The summed E-state index contributed by atoms with van der Waals surface area (Å²) in [6.07, 6.45) is 2.11. The number of aromatic nitrogens is 2. The first-order chi connectivity index (χ1) is 8.83. The molecule has 0 aromatic carbocycles. The van der Waals surface area contributed by atoms with Gasteiger partial charge in [0.2, 0.25) is 0 Å². The van der Waals surface area contributed by atoms with Gasteiger partial charge in [0.1, 0.15) is 10.8 Å². The van der Waals surface area contributed by atoms with Crippen LogP contribution in [-0.4, -0.2) is 30.4 Å². The van der Waals surface area contributed by atoms with Gasteiger partial charge < -0.3 is 10.1 Å². The number of rotatable bonds is 7. The van der Waals surface area contributed by atoms with Gasteiger partial charge in [0, 0.05) is 24.4 Å². The van der Waals surface area contributed by atoms with E-state index in [1.165, 1.54) is 0 Å². The Morgan fingerprint density at radius 2 is 2.22 bits per heavy atom. The SMILES string of the molecule is CCCNCCc1nnc(-c2cc(OC)cs2)s1. The Bertz CT molecular complexity index is 481. The summed E-state index contributed by atoms with van der Waals surface area (Å²) in [5.41, 5.74) is 0. The zero-order valence-corrected chi connectivity index (χ0v) is 12.2. The summed E-state index contributed by atoms with van der Waals surface area (Å²) in [7, 11) is 1.68. The van der Waals surface area contributed by atoms with Crippen molar-refractivity contribution in [2.75, 3.05) is 20.2 Å². The van der Waals surface area contributed by atoms with Crippen LogP contribution < -0.4 is 10.1 Å². The van der Waals surface area contributed by atoms with E-state index < -0.39 is 0 Å². The minimum Gasteiger partial charge on any atom is -0.496 e. The first-order valence-electron chi connectivity index (χ1n) is 5.99. The smallest absolute Gasteiger partial charge is 0.157 e. The molecule has 98 valence electrons. The van der Waals surface area contributed by atoms with Gasteiger partial charge in [-0.1, -0.05) is 18.3 Å². The molecule has 0 aliphatic rings. The molecule has 0 atom stereocenters. The quantitative estimate of drug-likeness (QED) is 0.794. The van der Waals surface area contributed by atoms with E-state index in [1.54, 1.807) is 29.8 Å². The van der Waals surface area contributed by atoms with Crippen molar-refractivity contribution in [2.24, 2.45) is 0 Å². The summed E-state index contributed by atoms with van der Waals surface area (Å²) in [5, 5.41) is 15.9. The highest BCUT2D eigenvalue weighted by Crippen LogP contribution is 2.32. The predicted octanol–water partition coefficient (Wildman–Crippen LogP) is 2.82. The van der Waals surface area contributed by atoms with Crippen LogP contribution in [0.2, 0.25) is 0 Å². The highest BCUT2D eigenvalue weighted by atomic mass is 32.1. The second-order valence-corrected chi connectivity index (χ2v) is 5.83. The van der Waals surface area contributed by atoms with Gasteiger partial charge in [-0.25, -0.2) is 0 Å². The van der Waals surface area contributed by atoms with Crippen molar-refractivity contribution in [3.63, 3.8) is 0 Å². The van der Waals surface area contributed by atoms with Gasteiger partial charge in [0.15, 0.2) is 5.01 Å². The summed E-state index contributed by atoms with van der Waals surface area (Å²) < 4.78 is 5.17. The van der Waals surface area contributed by atoms with Crippen molar-refractivity contribution in [3.05, 3.63) is 16.5 Å². The van der Waals surface area contributed by atoms with Crippen LogP contribution in [0.3, 0.4) is 0 Å². The van der Waals surface area contributed by atoms with Crippen LogP contribution >= 0.6 is 22.7 Å². The lowest BCUT2D eigenvalue weighted by molar-refractivity contribution is 0.417. The first-order valence-corrected chi connectivity index (χ1v) is 7.69. The molecule has 0 aliphatic heterocycles. The van der Waals surface area contributed by atoms with Crippen molar-refractivity contribution >= 4 is 22.7 Å². The van der Waals surface area contributed by atoms with Crippen molar-refractivity contribution in [1.29, 1.82) is 0 Å². The van der Waals surface area contributed by atoms with E-state index in [4.69, 9.17) is 4.74 Å². The standard InChI is InChI=1S/C12H17N3OS2/c1-3-5-13-6-4-11-14-15-12(18-11)10-7-9(16-2)8-17-10/h7-8,13H,3-6H2,1-2H3. The van der Waals surface area contributed by atoms with E-state index in [-0.39, 0.29) is 0 Å². The fraction of sp³-hybridized carbons (Fsp3) is 0.500. The molecular formula is C12H17N3OS2. The van der Waals surface area contributed by atoms with Crippen molar-refractivity contribution in [2.45, 2.75) is 19.8 Å². The van der Waals surface area contributed by atoms with E-state index >= 15 is 0 Å². The largest absolute Gasteiger partial charge is 0.496 e. The molecule has 2 rings (SSSR count). The molecular weight excluding hydrogens is 266 g/mol. The van der Waals surface area contributed by atoms with Crippen molar-refractivity contribution in [1.82, 2.24) is 15.5 Å². The average Bonchev–Trinajstić information content (AvgIpc) is 3.03. The lowest BCUT2D eigenvalue weighted by Gasteiger charge is -1.98. The van der Waals surface area contributed by atoms with Gasteiger partial charge >= 0.3 is 0 Å². The zero-order valence-electron chi connectivity index (χ0n) is 10.6. The molecule has 0 fully saturated rings. The van der Waals surface area contributed by atoms with Crippen LogP contribution in [0, 0.1) is 0 Å². The van der Waals surface area contributed by atoms with Gasteiger partial charge in [0.05, 0.1) is 12.0 Å². The Labute approximate surface area is 115 Å². The lowest BCUT2D eigenvalue weighted by Crippen LogP contribution is -2.17. The van der Waals surface area contributed by atoms with Gasteiger partial charge in [0.25, 0.3) is 0 Å². The molecule has 2 aromatic rings. The number of ether oxygens (including phenoxy) is 1. The number of hydrogen-bond acceptors (Lipinski definition) is 6. The Morgan fingerprint density at radius 1 is 1.33 bits per heavy atom. The van der Waals surface area contributed by atoms with E-state index in [2.05, 4.69) is 22.4 Å². The van der Waals surface area contributed by atoms with E-state index in [0.29, 0.717) is 0 Å². The molecule has 0 bridgehead atoms. The van der Waals surface area contributed by atoms with Crippen LogP contribution in [0.5, 0.6) is 5.75 Å². The van der Waals surface area contributed by atoms with Crippen molar-refractivity contribution in [3.8, 4) is 15.6 Å². The van der Waals surface area contributed by atoms with Gasteiger partial charge in [-0.2, -0.15) is 0 Å². The average molecular weight is 283 g/mol. The third kappa shape index (κ3) is 3.51. The van der Waals surface area contributed by atoms with Crippen LogP contribution in [0.15, 0.2) is 11.4 Å². The van der Waals surface area contributed by atoms with Crippen LogP contribution in [0.1, 0.15) is 18.4 Å². The van der Waals surface area contributed by atoms with Crippen LogP contribution in [0.4, 0.5) is 0 Å². The predicted molar refractivity (Wildman–Crippen MR) is 76.6 cm³/mol. The van der Waals surface area contributed by atoms with Crippen LogP contribution in [-0.2, 0) is 6.42 Å². The highest BCUT2D eigenvalue weighted by Gasteiger charge is 2.09.